The molecule has 0 amide bonds. The number of hydrogen-bond donors (Lipinski definition) is 1. The highest BCUT2D eigenvalue weighted by Crippen LogP contribution is 2.23. The van der Waals surface area contributed by atoms with E-state index < -0.39 is 0 Å². The fourth-order valence-electron chi connectivity index (χ4n) is 2.91. The van der Waals surface area contributed by atoms with Crippen molar-refractivity contribution in [2.75, 3.05) is 33.7 Å². The first-order valence-electron chi connectivity index (χ1n) is 7.28. The molecule has 2 rings (SSSR count). The third kappa shape index (κ3) is 3.17. The van der Waals surface area contributed by atoms with Crippen molar-refractivity contribution >= 4 is 11.6 Å². The molecule has 2 N–H and O–H groups in total. The normalized spacial score (nSPS) is 23.2. The predicted molar refractivity (Wildman–Crippen MR) is 83.2 cm³/mol. The van der Waals surface area contributed by atoms with E-state index in [1.807, 2.05) is 11.7 Å². The highest BCUT2D eigenvalue weighted by molar-refractivity contribution is 6.31. The third-order valence-corrected chi connectivity index (χ3v) is 4.76. The molecule has 114 valence electrons. The average Bonchev–Trinajstić information content (AvgIpc) is 2.68. The topological polar surface area (TPSA) is 50.3 Å². The lowest BCUT2D eigenvalue weighted by Gasteiger charge is -2.40. The van der Waals surface area contributed by atoms with Crippen LogP contribution < -0.4 is 5.73 Å². The molecule has 0 aromatic carbocycles. The Morgan fingerprint density at radius 1 is 1.35 bits per heavy atom. The molecule has 0 radical (unpaired) electrons. The van der Waals surface area contributed by atoms with Crippen molar-refractivity contribution in [1.29, 1.82) is 0 Å². The van der Waals surface area contributed by atoms with Gasteiger partial charge in [-0.1, -0.05) is 18.5 Å². The van der Waals surface area contributed by atoms with Gasteiger partial charge in [0.15, 0.2) is 0 Å². The van der Waals surface area contributed by atoms with E-state index >= 15 is 0 Å². The first-order chi connectivity index (χ1) is 9.43. The van der Waals surface area contributed by atoms with Gasteiger partial charge in [0.25, 0.3) is 0 Å². The summed E-state index contributed by atoms with van der Waals surface area (Å²) < 4.78 is 1.88. The highest BCUT2D eigenvalue weighted by Gasteiger charge is 2.29. The number of nitrogens with two attached hydrogens (primary N) is 1. The number of nitrogens with zero attached hydrogens (tertiary/aromatic N) is 4. The molecule has 1 aromatic rings. The van der Waals surface area contributed by atoms with E-state index in [-0.39, 0.29) is 6.04 Å². The Balaban J connectivity index is 2.11. The van der Waals surface area contributed by atoms with Gasteiger partial charge in [0.2, 0.25) is 0 Å². The number of piperazine rings is 1. The Kier molecular flexibility index (Phi) is 5.07. The lowest BCUT2D eigenvalue weighted by Crippen LogP contribution is -2.58. The zero-order chi connectivity index (χ0) is 14.9. The lowest BCUT2D eigenvalue weighted by molar-refractivity contribution is 0.0969. The summed E-state index contributed by atoms with van der Waals surface area (Å²) in [4.78, 5) is 4.70. The van der Waals surface area contributed by atoms with Gasteiger partial charge in [0.05, 0.1) is 16.4 Å². The van der Waals surface area contributed by atoms with Crippen molar-refractivity contribution in [3.8, 4) is 0 Å². The standard InChI is InChI=1S/C14H26ClN5/c1-5-11-14(15)12(20(4)17-11)8-10(16)13-9-18(2)6-7-19(13)3/h10,13H,5-9,16H2,1-4H3. The van der Waals surface area contributed by atoms with Crippen molar-refractivity contribution in [3.63, 3.8) is 0 Å². The second kappa shape index (κ2) is 6.43. The predicted octanol–water partition coefficient (Wildman–Crippen LogP) is 0.752. The largest absolute Gasteiger partial charge is 0.326 e. The Bertz CT molecular complexity index is 459. The fourth-order valence-corrected chi connectivity index (χ4v) is 3.28. The van der Waals surface area contributed by atoms with E-state index in [2.05, 4.69) is 35.9 Å². The maximum atomic E-state index is 6.45. The molecule has 0 spiro atoms. The Morgan fingerprint density at radius 2 is 2.05 bits per heavy atom. The summed E-state index contributed by atoms with van der Waals surface area (Å²) >= 11 is 6.41. The van der Waals surface area contributed by atoms with Gasteiger partial charge in [-0.05, 0) is 20.5 Å². The molecule has 1 aliphatic heterocycles. The first kappa shape index (κ1) is 15.8. The van der Waals surface area contributed by atoms with Gasteiger partial charge >= 0.3 is 0 Å². The summed E-state index contributed by atoms with van der Waals surface area (Å²) in [5.74, 6) is 0. The molecule has 1 saturated heterocycles. The van der Waals surface area contributed by atoms with Crippen LogP contribution in [0.5, 0.6) is 0 Å². The van der Waals surface area contributed by atoms with Crippen molar-refractivity contribution in [3.05, 3.63) is 16.4 Å². The van der Waals surface area contributed by atoms with Crippen LogP contribution in [0.3, 0.4) is 0 Å². The minimum absolute atomic E-state index is 0.0698. The van der Waals surface area contributed by atoms with E-state index in [9.17, 15) is 0 Å². The maximum absolute atomic E-state index is 6.45. The lowest BCUT2D eigenvalue weighted by atomic mass is 10.00. The Hall–Kier alpha value is -0.620. The molecule has 1 aromatic heterocycles. The number of aromatic nitrogens is 2. The van der Waals surface area contributed by atoms with Crippen molar-refractivity contribution in [2.24, 2.45) is 12.8 Å². The first-order valence-corrected chi connectivity index (χ1v) is 7.66. The zero-order valence-corrected chi connectivity index (χ0v) is 13.7. The number of likely N-dealkylation sites (N-methyl/N-ethyl adjacent to an activating group) is 2. The van der Waals surface area contributed by atoms with E-state index in [0.717, 1.165) is 48.9 Å². The minimum Gasteiger partial charge on any atom is -0.326 e. The molecular weight excluding hydrogens is 274 g/mol. The summed E-state index contributed by atoms with van der Waals surface area (Å²) in [5, 5.41) is 5.26. The monoisotopic (exact) mass is 299 g/mol. The molecule has 0 saturated carbocycles. The Labute approximate surface area is 126 Å². The van der Waals surface area contributed by atoms with Crippen molar-refractivity contribution in [2.45, 2.75) is 31.8 Å². The highest BCUT2D eigenvalue weighted by atomic mass is 35.5. The van der Waals surface area contributed by atoms with Crippen LogP contribution in [0.15, 0.2) is 0 Å². The van der Waals surface area contributed by atoms with Crippen LogP contribution in [0, 0.1) is 0 Å². The molecule has 6 heteroatoms. The van der Waals surface area contributed by atoms with E-state index in [1.54, 1.807) is 0 Å². The molecule has 0 aliphatic carbocycles. The summed E-state index contributed by atoms with van der Waals surface area (Å²) in [6, 6.07) is 0.435. The quantitative estimate of drug-likeness (QED) is 0.891. The van der Waals surface area contributed by atoms with Crippen LogP contribution in [-0.4, -0.2) is 65.4 Å². The molecule has 1 aliphatic rings. The fraction of sp³-hybridized carbons (Fsp3) is 0.786. The van der Waals surface area contributed by atoms with Crippen LogP contribution in [0.1, 0.15) is 18.3 Å². The maximum Gasteiger partial charge on any atom is 0.0850 e. The second-order valence-corrected chi connectivity index (χ2v) is 6.24. The zero-order valence-electron chi connectivity index (χ0n) is 12.9. The Morgan fingerprint density at radius 3 is 2.65 bits per heavy atom. The van der Waals surface area contributed by atoms with Crippen molar-refractivity contribution < 1.29 is 0 Å². The molecule has 1 fully saturated rings. The van der Waals surface area contributed by atoms with Gasteiger partial charge in [-0.3, -0.25) is 9.58 Å². The van der Waals surface area contributed by atoms with Crippen LogP contribution in [0.4, 0.5) is 0 Å². The van der Waals surface area contributed by atoms with Crippen LogP contribution in [-0.2, 0) is 19.9 Å². The van der Waals surface area contributed by atoms with Crippen LogP contribution >= 0.6 is 11.6 Å². The van der Waals surface area contributed by atoms with Gasteiger partial charge in [0.1, 0.15) is 0 Å². The summed E-state index contributed by atoms with van der Waals surface area (Å²) in [6.45, 7) is 5.25. The molecular formula is C14H26ClN5. The van der Waals surface area contributed by atoms with E-state index in [4.69, 9.17) is 17.3 Å². The summed E-state index contributed by atoms with van der Waals surface area (Å²) in [6.07, 6.45) is 1.62. The molecule has 5 nitrogen and oxygen atoms in total. The number of rotatable bonds is 4. The third-order valence-electron chi connectivity index (χ3n) is 4.33. The van der Waals surface area contributed by atoms with Gasteiger partial charge in [0, 0.05) is 45.2 Å². The summed E-state index contributed by atoms with van der Waals surface area (Å²) in [7, 11) is 6.25. The van der Waals surface area contributed by atoms with Gasteiger partial charge < -0.3 is 10.6 Å². The number of aryl methyl sites for hydroxylation is 2. The molecule has 2 heterocycles. The van der Waals surface area contributed by atoms with Gasteiger partial charge in [-0.25, -0.2) is 0 Å². The van der Waals surface area contributed by atoms with Gasteiger partial charge in [-0.15, -0.1) is 0 Å². The minimum atomic E-state index is 0.0698. The second-order valence-electron chi connectivity index (χ2n) is 5.86. The number of hydrogen-bond acceptors (Lipinski definition) is 4. The molecule has 20 heavy (non-hydrogen) atoms. The van der Waals surface area contributed by atoms with Crippen LogP contribution in [0.25, 0.3) is 0 Å². The smallest absolute Gasteiger partial charge is 0.0850 e. The number of halogens is 1. The van der Waals surface area contributed by atoms with E-state index in [1.165, 1.54) is 0 Å². The molecule has 2 atom stereocenters. The van der Waals surface area contributed by atoms with Gasteiger partial charge in [-0.2, -0.15) is 5.10 Å². The summed E-state index contributed by atoms with van der Waals surface area (Å²) in [5.41, 5.74) is 8.47. The average molecular weight is 300 g/mol. The SMILES string of the molecule is CCc1nn(C)c(CC(N)C2CN(C)CCN2C)c1Cl. The van der Waals surface area contributed by atoms with Crippen molar-refractivity contribution in [1.82, 2.24) is 19.6 Å². The molecule has 2 unspecified atom stereocenters. The van der Waals surface area contributed by atoms with Crippen LogP contribution in [0.2, 0.25) is 5.02 Å². The van der Waals surface area contributed by atoms with E-state index in [0.29, 0.717) is 6.04 Å². The molecule has 0 bridgehead atoms.